The van der Waals surface area contributed by atoms with Crippen molar-refractivity contribution in [3.63, 3.8) is 0 Å². The van der Waals surface area contributed by atoms with Crippen LogP contribution in [0, 0.1) is 35.5 Å². The molecule has 2 saturated carbocycles. The summed E-state index contributed by atoms with van der Waals surface area (Å²) in [5.74, 6) is -2.24. The molecule has 4 fully saturated rings. The molecule has 47 heavy (non-hydrogen) atoms. The molecule has 5 aliphatic rings. The van der Waals surface area contributed by atoms with Gasteiger partial charge in [0.15, 0.2) is 12.2 Å². The summed E-state index contributed by atoms with van der Waals surface area (Å²) in [6.07, 6.45) is -1.28. The zero-order valence-corrected chi connectivity index (χ0v) is 28.6. The Labute approximate surface area is 272 Å². The average Bonchev–Trinajstić information content (AvgIpc) is 3.43. The molecular formula is C36H42O11. The van der Waals surface area contributed by atoms with E-state index in [1.807, 2.05) is 34.6 Å². The predicted molar refractivity (Wildman–Crippen MR) is 165 cm³/mol. The summed E-state index contributed by atoms with van der Waals surface area (Å²) in [5, 5.41) is 0.588. The fourth-order valence-electron chi connectivity index (χ4n) is 8.89. The Morgan fingerprint density at radius 3 is 1.68 bits per heavy atom. The van der Waals surface area contributed by atoms with E-state index < -0.39 is 80.2 Å². The van der Waals surface area contributed by atoms with Crippen molar-refractivity contribution in [1.82, 2.24) is 0 Å². The van der Waals surface area contributed by atoms with Gasteiger partial charge in [0, 0.05) is 21.8 Å². The van der Waals surface area contributed by atoms with E-state index in [2.05, 4.69) is 0 Å². The maximum absolute atomic E-state index is 14.5. The van der Waals surface area contributed by atoms with Crippen LogP contribution in [0.15, 0.2) is 21.3 Å². The fourth-order valence-corrected chi connectivity index (χ4v) is 8.89. The molecular weight excluding hydrogens is 608 g/mol. The summed E-state index contributed by atoms with van der Waals surface area (Å²) >= 11 is 0. The highest BCUT2D eigenvalue weighted by molar-refractivity contribution is 5.95. The molecule has 0 spiro atoms. The number of hydrogen-bond acceptors (Lipinski definition) is 11. The number of aryl methyl sites for hydroxylation is 2. The van der Waals surface area contributed by atoms with E-state index in [0.717, 1.165) is 5.56 Å². The molecule has 2 saturated heterocycles. The van der Waals surface area contributed by atoms with Gasteiger partial charge in [0.2, 0.25) is 11.2 Å². The molecule has 4 bridgehead atoms. The van der Waals surface area contributed by atoms with Gasteiger partial charge >= 0.3 is 29.5 Å². The molecule has 6 atom stereocenters. The van der Waals surface area contributed by atoms with E-state index in [-0.39, 0.29) is 29.7 Å². The first-order valence-electron chi connectivity index (χ1n) is 16.3. The van der Waals surface area contributed by atoms with Crippen LogP contribution in [0.3, 0.4) is 0 Å². The van der Waals surface area contributed by atoms with Gasteiger partial charge in [-0.25, -0.2) is 14.4 Å². The number of hydrogen-bond donors (Lipinski definition) is 0. The lowest BCUT2D eigenvalue weighted by Gasteiger charge is -2.46. The zero-order chi connectivity index (χ0) is 34.5. The Hall–Kier alpha value is -3.89. The SMILES string of the molecule is Cc1cc2c(C)cc3c(c2oc1=O)[C@@H](OC(=O)[C@@]12CC[C@@](C)(C(=O)O1)C2(C)C)[C@@H](OC(=O)[C@@]12CC[C@@](C)(C(=O)O1)C2(C)C)C(C)(C)O3. The number of esters is 4. The van der Waals surface area contributed by atoms with E-state index in [1.165, 1.54) is 0 Å². The second kappa shape index (κ2) is 8.96. The molecule has 2 aliphatic carbocycles. The van der Waals surface area contributed by atoms with Crippen LogP contribution < -0.4 is 10.4 Å². The number of carbonyl (C=O) groups is 4. The molecule has 11 nitrogen and oxygen atoms in total. The van der Waals surface area contributed by atoms with Gasteiger partial charge in [-0.15, -0.1) is 0 Å². The third kappa shape index (κ3) is 3.50. The molecule has 1 aromatic heterocycles. The molecule has 0 unspecified atom stereocenters. The molecule has 252 valence electrons. The largest absolute Gasteiger partial charge is 0.483 e. The summed E-state index contributed by atoms with van der Waals surface area (Å²) in [6, 6.07) is 3.46. The van der Waals surface area contributed by atoms with Gasteiger partial charge in [0.25, 0.3) is 0 Å². The van der Waals surface area contributed by atoms with Crippen molar-refractivity contribution in [2.24, 2.45) is 21.7 Å². The molecule has 3 aliphatic heterocycles. The molecule has 1 aromatic carbocycles. The molecule has 2 aromatic rings. The lowest BCUT2D eigenvalue weighted by molar-refractivity contribution is -0.217. The van der Waals surface area contributed by atoms with Crippen molar-refractivity contribution in [1.29, 1.82) is 0 Å². The lowest BCUT2D eigenvalue weighted by atomic mass is 9.66. The van der Waals surface area contributed by atoms with E-state index in [0.29, 0.717) is 23.8 Å². The van der Waals surface area contributed by atoms with Crippen molar-refractivity contribution < 1.29 is 47.3 Å². The predicted octanol–water partition coefficient (Wildman–Crippen LogP) is 5.32. The summed E-state index contributed by atoms with van der Waals surface area (Å²) in [4.78, 5) is 67.9. The highest BCUT2D eigenvalue weighted by Gasteiger charge is 2.78. The van der Waals surface area contributed by atoms with Crippen LogP contribution >= 0.6 is 0 Å². The quantitative estimate of drug-likeness (QED) is 0.241. The number of rotatable bonds is 4. The third-order valence-electron chi connectivity index (χ3n) is 13.3. The smallest absolute Gasteiger partial charge is 0.351 e. The normalized spacial score (nSPS) is 36.8. The van der Waals surface area contributed by atoms with Crippen LogP contribution in [-0.4, -0.2) is 46.8 Å². The monoisotopic (exact) mass is 650 g/mol. The molecule has 4 heterocycles. The number of fused-ring (bicyclic) bond motifs is 7. The Morgan fingerprint density at radius 1 is 0.702 bits per heavy atom. The Kier molecular flexibility index (Phi) is 6.04. The maximum Gasteiger partial charge on any atom is 0.351 e. The molecule has 0 radical (unpaired) electrons. The summed E-state index contributed by atoms with van der Waals surface area (Å²) in [5.41, 5.74) is -7.19. The summed E-state index contributed by atoms with van der Waals surface area (Å²) in [7, 11) is 0. The molecule has 11 heteroatoms. The lowest BCUT2D eigenvalue weighted by Crippen LogP contribution is -2.57. The van der Waals surface area contributed by atoms with E-state index in [1.54, 1.807) is 46.8 Å². The average molecular weight is 651 g/mol. The summed E-state index contributed by atoms with van der Waals surface area (Å²) < 4.78 is 36.7. The fraction of sp³-hybridized carbons (Fsp3) is 0.639. The third-order valence-corrected chi connectivity index (χ3v) is 13.3. The topological polar surface area (TPSA) is 145 Å². The van der Waals surface area contributed by atoms with Gasteiger partial charge in [0.05, 0.1) is 16.4 Å². The van der Waals surface area contributed by atoms with Crippen molar-refractivity contribution >= 4 is 34.8 Å². The first-order chi connectivity index (χ1) is 21.6. The van der Waals surface area contributed by atoms with E-state index >= 15 is 0 Å². The van der Waals surface area contributed by atoms with Crippen LogP contribution in [0.5, 0.6) is 5.75 Å². The minimum absolute atomic E-state index is 0.126. The minimum Gasteiger partial charge on any atom is -0.483 e. The molecule has 0 amide bonds. The van der Waals surface area contributed by atoms with Gasteiger partial charge in [0.1, 0.15) is 16.9 Å². The zero-order valence-electron chi connectivity index (χ0n) is 28.6. The van der Waals surface area contributed by atoms with Gasteiger partial charge in [-0.1, -0.05) is 27.7 Å². The van der Waals surface area contributed by atoms with Crippen LogP contribution in [0.25, 0.3) is 11.0 Å². The first-order valence-corrected chi connectivity index (χ1v) is 16.3. The number of benzene rings is 1. The van der Waals surface area contributed by atoms with Crippen molar-refractivity contribution in [3.05, 3.63) is 39.2 Å². The van der Waals surface area contributed by atoms with Crippen LogP contribution in [-0.2, 0) is 38.1 Å². The second-order valence-electron chi connectivity index (χ2n) is 16.3. The van der Waals surface area contributed by atoms with E-state index in [9.17, 15) is 24.0 Å². The second-order valence-corrected chi connectivity index (χ2v) is 16.3. The Morgan fingerprint density at radius 2 is 1.21 bits per heavy atom. The summed E-state index contributed by atoms with van der Waals surface area (Å²) in [6.45, 7) is 17.7. The van der Waals surface area contributed by atoms with Crippen molar-refractivity contribution in [2.75, 3.05) is 0 Å². The van der Waals surface area contributed by atoms with Crippen LogP contribution in [0.1, 0.15) is 104 Å². The highest BCUT2D eigenvalue weighted by Crippen LogP contribution is 2.67. The molecule has 7 rings (SSSR count). The van der Waals surface area contributed by atoms with Gasteiger partial charge in [-0.2, -0.15) is 0 Å². The highest BCUT2D eigenvalue weighted by atomic mass is 16.7. The molecule has 0 N–H and O–H groups in total. The van der Waals surface area contributed by atoms with Crippen molar-refractivity contribution in [2.45, 2.75) is 124 Å². The Balaban J connectivity index is 1.38. The maximum atomic E-state index is 14.5. The van der Waals surface area contributed by atoms with E-state index in [4.69, 9.17) is 28.1 Å². The number of ether oxygens (including phenoxy) is 5. The minimum atomic E-state index is -1.59. The Bertz CT molecular complexity index is 1880. The van der Waals surface area contributed by atoms with Gasteiger partial charge in [-0.05, 0) is 84.9 Å². The standard InChI is InChI=1S/C36H42O11/c1-17-16-20-21(22-19(17)15-18(2)25(37)42-22)23(43-28(40)35-13-11-33(9,26(38)46-35)31(35,5)6)24(30(3,4)45-20)44-29(41)36-14-12-34(10,27(39)47-36)32(36,7)8/h15-16,23-24H,11-14H2,1-10H3/t23-,24-,33+,34+,35-,36-/m1/s1. The first kappa shape index (κ1) is 31.7. The van der Waals surface area contributed by atoms with Crippen molar-refractivity contribution in [3.8, 4) is 5.75 Å². The van der Waals surface area contributed by atoms with Crippen LogP contribution in [0.2, 0.25) is 0 Å². The number of carbonyl (C=O) groups excluding carboxylic acids is 4. The van der Waals surface area contributed by atoms with Gasteiger partial charge < -0.3 is 28.1 Å². The van der Waals surface area contributed by atoms with Gasteiger partial charge in [-0.3, -0.25) is 9.59 Å². The van der Waals surface area contributed by atoms with Crippen LogP contribution in [0.4, 0.5) is 0 Å².